The van der Waals surface area contributed by atoms with E-state index in [9.17, 15) is 13.9 Å². The highest BCUT2D eigenvalue weighted by Gasteiger charge is 2.20. The molecule has 1 fully saturated rings. The van der Waals surface area contributed by atoms with Crippen LogP contribution in [-0.4, -0.2) is 17.3 Å². The molecule has 0 aromatic heterocycles. The van der Waals surface area contributed by atoms with E-state index in [0.717, 1.165) is 18.9 Å². The molecule has 0 bridgehead atoms. The van der Waals surface area contributed by atoms with Gasteiger partial charge in [-0.25, -0.2) is 8.78 Å². The Bertz CT molecular complexity index is 342. The second-order valence-corrected chi connectivity index (χ2v) is 4.22. The summed E-state index contributed by atoms with van der Waals surface area (Å²) in [7, 11) is 0. The van der Waals surface area contributed by atoms with E-state index in [1.54, 1.807) is 0 Å². The maximum Gasteiger partial charge on any atom is 0.128 e. The number of rotatable bonds is 2. The molecule has 0 amide bonds. The first kappa shape index (κ1) is 11.3. The van der Waals surface area contributed by atoms with Crippen molar-refractivity contribution in [2.24, 2.45) is 0 Å². The molecule has 1 N–H and O–H groups in total. The topological polar surface area (TPSA) is 34.3 Å². The predicted octanol–water partition coefficient (Wildman–Crippen LogP) is 2.50. The number of halogens is 2. The van der Waals surface area contributed by atoms with E-state index in [0.29, 0.717) is 18.5 Å². The largest absolute Gasteiger partial charge is 0.393 e. The number of hydrogen-bond donors (Lipinski definition) is 1. The van der Waals surface area contributed by atoms with Gasteiger partial charge in [0.25, 0.3) is 0 Å². The average molecular weight is 226 g/mol. The van der Waals surface area contributed by atoms with E-state index in [2.05, 4.69) is 5.32 Å². The Morgan fingerprint density at radius 3 is 2.12 bits per heavy atom. The quantitative estimate of drug-likeness (QED) is 0.826. The van der Waals surface area contributed by atoms with Gasteiger partial charge in [0.05, 0.1) is 17.8 Å². The monoisotopic (exact) mass is 226 g/mol. The van der Waals surface area contributed by atoms with Gasteiger partial charge in [-0.2, -0.15) is 0 Å². The summed E-state index contributed by atoms with van der Waals surface area (Å²) in [6, 6.07) is 3.37. The summed E-state index contributed by atoms with van der Waals surface area (Å²) < 4.78 is 25.8. The molecule has 16 heavy (non-hydrogen) atoms. The molecule has 1 aromatic carbocycles. The molecule has 4 heteroatoms. The fourth-order valence-electron chi connectivity index (χ4n) is 2.01. The number of benzene rings is 1. The van der Waals surface area contributed by atoms with Crippen LogP contribution in [-0.2, 0) is 0 Å². The van der Waals surface area contributed by atoms with Crippen LogP contribution < -0.4 is 5.32 Å². The SMILES string of the molecule is O[C@H]1CC[C@H]([N]c2cc(F)cc(F)c2)CC1. The van der Waals surface area contributed by atoms with Crippen LogP contribution in [0.25, 0.3) is 0 Å². The van der Waals surface area contributed by atoms with Crippen LogP contribution in [0.15, 0.2) is 18.2 Å². The number of aliphatic hydroxyl groups excluding tert-OH is 1. The summed E-state index contributed by atoms with van der Waals surface area (Å²) in [4.78, 5) is 0. The highest BCUT2D eigenvalue weighted by molar-refractivity contribution is 5.36. The summed E-state index contributed by atoms with van der Waals surface area (Å²) >= 11 is 0. The van der Waals surface area contributed by atoms with E-state index in [4.69, 9.17) is 0 Å². The number of aliphatic hydroxyl groups is 1. The van der Waals surface area contributed by atoms with E-state index in [1.807, 2.05) is 0 Å². The minimum Gasteiger partial charge on any atom is -0.393 e. The molecule has 1 aliphatic carbocycles. The van der Waals surface area contributed by atoms with Crippen LogP contribution in [0.3, 0.4) is 0 Å². The first-order valence-electron chi connectivity index (χ1n) is 5.48. The molecule has 0 aliphatic heterocycles. The lowest BCUT2D eigenvalue weighted by Crippen LogP contribution is -2.27. The number of hydrogen-bond acceptors (Lipinski definition) is 1. The average Bonchev–Trinajstić information content (AvgIpc) is 2.20. The molecule has 0 unspecified atom stereocenters. The Morgan fingerprint density at radius 2 is 1.56 bits per heavy atom. The van der Waals surface area contributed by atoms with Gasteiger partial charge in [0.15, 0.2) is 0 Å². The highest BCUT2D eigenvalue weighted by Crippen LogP contribution is 2.23. The number of nitrogens with zero attached hydrogens (tertiary/aromatic N) is 1. The molecule has 0 saturated heterocycles. The fraction of sp³-hybridized carbons (Fsp3) is 0.500. The van der Waals surface area contributed by atoms with Gasteiger partial charge in [-0.3, -0.25) is 5.32 Å². The molecule has 2 nitrogen and oxygen atoms in total. The Balaban J connectivity index is 1.98. The van der Waals surface area contributed by atoms with Crippen molar-refractivity contribution in [2.45, 2.75) is 37.8 Å². The van der Waals surface area contributed by atoms with E-state index in [-0.39, 0.29) is 12.1 Å². The summed E-state index contributed by atoms with van der Waals surface area (Å²) in [5.41, 5.74) is 0.346. The minimum atomic E-state index is -0.602. The Hall–Kier alpha value is -1.16. The summed E-state index contributed by atoms with van der Waals surface area (Å²) in [6.45, 7) is 0. The third-order valence-corrected chi connectivity index (χ3v) is 2.85. The second-order valence-electron chi connectivity index (χ2n) is 4.22. The van der Waals surface area contributed by atoms with Crippen LogP contribution in [0.1, 0.15) is 25.7 Å². The van der Waals surface area contributed by atoms with Crippen LogP contribution in [0.4, 0.5) is 14.5 Å². The fourth-order valence-corrected chi connectivity index (χ4v) is 2.01. The van der Waals surface area contributed by atoms with Crippen LogP contribution in [0.5, 0.6) is 0 Å². The molecule has 1 radical (unpaired) electrons. The Labute approximate surface area is 93.3 Å². The Kier molecular flexibility index (Phi) is 3.39. The van der Waals surface area contributed by atoms with Crippen molar-refractivity contribution in [2.75, 3.05) is 0 Å². The highest BCUT2D eigenvalue weighted by atomic mass is 19.1. The molecule has 0 atom stereocenters. The zero-order valence-corrected chi connectivity index (χ0v) is 8.87. The van der Waals surface area contributed by atoms with E-state index in [1.165, 1.54) is 12.1 Å². The van der Waals surface area contributed by atoms with Crippen LogP contribution in [0.2, 0.25) is 0 Å². The maximum atomic E-state index is 12.9. The van der Waals surface area contributed by atoms with Gasteiger partial charge < -0.3 is 5.11 Å². The maximum absolute atomic E-state index is 12.9. The minimum absolute atomic E-state index is 0.0737. The van der Waals surface area contributed by atoms with E-state index >= 15 is 0 Å². The van der Waals surface area contributed by atoms with Crippen molar-refractivity contribution in [1.82, 2.24) is 5.32 Å². The molecule has 1 aromatic rings. The van der Waals surface area contributed by atoms with Gasteiger partial charge in [0.1, 0.15) is 11.6 Å². The normalized spacial score (nSPS) is 25.4. The lowest BCUT2D eigenvalue weighted by atomic mass is 9.93. The van der Waals surface area contributed by atoms with Crippen molar-refractivity contribution < 1.29 is 13.9 Å². The molecule has 1 saturated carbocycles. The lowest BCUT2D eigenvalue weighted by Gasteiger charge is -2.25. The first-order chi connectivity index (χ1) is 7.63. The van der Waals surface area contributed by atoms with E-state index < -0.39 is 11.6 Å². The molecular weight excluding hydrogens is 212 g/mol. The van der Waals surface area contributed by atoms with Crippen molar-refractivity contribution in [3.63, 3.8) is 0 Å². The van der Waals surface area contributed by atoms with Crippen molar-refractivity contribution in [3.05, 3.63) is 29.8 Å². The molecule has 1 aliphatic rings. The first-order valence-corrected chi connectivity index (χ1v) is 5.48. The zero-order valence-electron chi connectivity index (χ0n) is 8.87. The lowest BCUT2D eigenvalue weighted by molar-refractivity contribution is 0.119. The standard InChI is InChI=1S/C12H14F2NO/c13-8-5-9(14)7-11(6-8)15-10-1-3-12(16)4-2-10/h5-7,10,12,16H,1-4H2/t10-,12-. The van der Waals surface area contributed by atoms with Crippen molar-refractivity contribution in [1.29, 1.82) is 0 Å². The van der Waals surface area contributed by atoms with Gasteiger partial charge in [0.2, 0.25) is 0 Å². The molecule has 0 spiro atoms. The van der Waals surface area contributed by atoms with Crippen LogP contribution >= 0.6 is 0 Å². The molecule has 0 heterocycles. The van der Waals surface area contributed by atoms with Gasteiger partial charge in [-0.05, 0) is 37.8 Å². The van der Waals surface area contributed by atoms with Gasteiger partial charge in [-0.1, -0.05) is 0 Å². The zero-order chi connectivity index (χ0) is 11.5. The van der Waals surface area contributed by atoms with Crippen LogP contribution in [0, 0.1) is 11.6 Å². The predicted molar refractivity (Wildman–Crippen MR) is 56.4 cm³/mol. The summed E-state index contributed by atoms with van der Waals surface area (Å²) in [5, 5.41) is 13.6. The van der Waals surface area contributed by atoms with Crippen molar-refractivity contribution in [3.8, 4) is 0 Å². The van der Waals surface area contributed by atoms with Gasteiger partial charge in [-0.15, -0.1) is 0 Å². The summed E-state index contributed by atoms with van der Waals surface area (Å²) in [5.74, 6) is -1.20. The molecule has 87 valence electrons. The smallest absolute Gasteiger partial charge is 0.128 e. The molecule has 2 rings (SSSR count). The van der Waals surface area contributed by atoms with Gasteiger partial charge >= 0.3 is 0 Å². The third-order valence-electron chi connectivity index (χ3n) is 2.85. The summed E-state index contributed by atoms with van der Waals surface area (Å²) in [6.07, 6.45) is 2.74. The Morgan fingerprint density at radius 1 is 1.00 bits per heavy atom. The van der Waals surface area contributed by atoms with Gasteiger partial charge in [0, 0.05) is 6.07 Å². The second kappa shape index (κ2) is 4.78. The third kappa shape index (κ3) is 2.92. The molecular formula is C12H14F2NO. The van der Waals surface area contributed by atoms with Crippen molar-refractivity contribution >= 4 is 5.69 Å².